The summed E-state index contributed by atoms with van der Waals surface area (Å²) in [7, 11) is -1.02. The molecule has 0 atom stereocenters. The number of ether oxygens (including phenoxy) is 1. The summed E-state index contributed by atoms with van der Waals surface area (Å²) in [4.78, 5) is 12.2. The Bertz CT molecular complexity index is 843. The van der Waals surface area contributed by atoms with Gasteiger partial charge in [-0.1, -0.05) is 18.2 Å². The first-order valence-corrected chi connectivity index (χ1v) is 9.60. The van der Waals surface area contributed by atoms with Crippen LogP contribution >= 0.6 is 0 Å². The molecule has 0 aliphatic rings. The maximum absolute atomic E-state index is 12.8. The first-order valence-electron chi connectivity index (χ1n) is 8.21. The molecule has 146 valence electrons. The molecule has 0 bridgehead atoms. The summed E-state index contributed by atoms with van der Waals surface area (Å²) < 4.78 is 45.3. The molecular formula is C18H22FN3O4S. The normalized spacial score (nSPS) is 11.3. The Balaban J connectivity index is 1.93. The van der Waals surface area contributed by atoms with Gasteiger partial charge in [-0.05, 0) is 36.4 Å². The van der Waals surface area contributed by atoms with Gasteiger partial charge >= 0.3 is 10.2 Å². The van der Waals surface area contributed by atoms with E-state index in [1.165, 1.54) is 38.4 Å². The SMILES string of the molecule is CN(C)S(=O)(=O)N(CC(=O)NCCOc1ccc(F)cc1)c1ccccc1. The monoisotopic (exact) mass is 395 g/mol. The van der Waals surface area contributed by atoms with Gasteiger partial charge < -0.3 is 10.1 Å². The molecule has 0 fully saturated rings. The highest BCUT2D eigenvalue weighted by Crippen LogP contribution is 2.18. The van der Waals surface area contributed by atoms with Crippen molar-refractivity contribution < 1.29 is 22.3 Å². The zero-order valence-electron chi connectivity index (χ0n) is 15.1. The highest BCUT2D eigenvalue weighted by atomic mass is 32.2. The summed E-state index contributed by atoms with van der Waals surface area (Å²) in [5.41, 5.74) is 0.393. The molecule has 2 aromatic rings. The highest BCUT2D eigenvalue weighted by Gasteiger charge is 2.26. The predicted molar refractivity (Wildman–Crippen MR) is 101 cm³/mol. The van der Waals surface area contributed by atoms with Crippen molar-refractivity contribution in [3.63, 3.8) is 0 Å². The Kier molecular flexibility index (Phi) is 7.14. The minimum Gasteiger partial charge on any atom is -0.492 e. The molecule has 0 aliphatic carbocycles. The van der Waals surface area contributed by atoms with Crippen molar-refractivity contribution >= 4 is 21.8 Å². The third-order valence-corrected chi connectivity index (χ3v) is 5.40. The Labute approximate surface area is 158 Å². The number of nitrogens with one attached hydrogen (secondary N) is 1. The molecule has 9 heteroatoms. The lowest BCUT2D eigenvalue weighted by Gasteiger charge is -2.26. The quantitative estimate of drug-likeness (QED) is 0.655. The molecule has 1 N–H and O–H groups in total. The summed E-state index contributed by atoms with van der Waals surface area (Å²) in [6, 6.07) is 13.9. The van der Waals surface area contributed by atoms with E-state index in [4.69, 9.17) is 4.74 Å². The Morgan fingerprint density at radius 2 is 1.70 bits per heavy atom. The van der Waals surface area contributed by atoms with E-state index in [1.807, 2.05) is 0 Å². The molecular weight excluding hydrogens is 373 g/mol. The minimum absolute atomic E-state index is 0.170. The highest BCUT2D eigenvalue weighted by molar-refractivity contribution is 7.90. The van der Waals surface area contributed by atoms with Crippen LogP contribution in [0, 0.1) is 5.82 Å². The van der Waals surface area contributed by atoms with E-state index in [1.54, 1.807) is 30.3 Å². The maximum Gasteiger partial charge on any atom is 0.304 e. The second kappa shape index (κ2) is 9.33. The van der Waals surface area contributed by atoms with E-state index in [9.17, 15) is 17.6 Å². The number of hydrogen-bond acceptors (Lipinski definition) is 4. The van der Waals surface area contributed by atoms with Crippen LogP contribution in [0.25, 0.3) is 0 Å². The molecule has 0 aliphatic heterocycles. The number of para-hydroxylation sites is 1. The van der Waals surface area contributed by atoms with E-state index in [0.29, 0.717) is 11.4 Å². The molecule has 7 nitrogen and oxygen atoms in total. The molecule has 2 aromatic carbocycles. The average molecular weight is 395 g/mol. The van der Waals surface area contributed by atoms with Crippen molar-refractivity contribution in [3.05, 3.63) is 60.4 Å². The van der Waals surface area contributed by atoms with Crippen LogP contribution in [-0.2, 0) is 15.0 Å². The average Bonchev–Trinajstić information content (AvgIpc) is 2.65. The fourth-order valence-corrected chi connectivity index (χ4v) is 3.24. The first-order chi connectivity index (χ1) is 12.8. The summed E-state index contributed by atoms with van der Waals surface area (Å²) in [5.74, 6) is -0.350. The number of amides is 1. The minimum atomic E-state index is -3.83. The van der Waals surface area contributed by atoms with Crippen molar-refractivity contribution in [1.29, 1.82) is 0 Å². The molecule has 1 amide bonds. The van der Waals surface area contributed by atoms with Crippen LogP contribution in [-0.4, -0.2) is 52.4 Å². The number of rotatable bonds is 9. The van der Waals surface area contributed by atoms with E-state index >= 15 is 0 Å². The van der Waals surface area contributed by atoms with Gasteiger partial charge in [0.15, 0.2) is 0 Å². The molecule has 0 saturated carbocycles. The molecule has 0 aromatic heterocycles. The lowest BCUT2D eigenvalue weighted by atomic mass is 10.3. The van der Waals surface area contributed by atoms with E-state index in [-0.39, 0.29) is 25.5 Å². The molecule has 0 heterocycles. The van der Waals surface area contributed by atoms with Gasteiger partial charge in [-0.25, -0.2) is 8.70 Å². The van der Waals surface area contributed by atoms with Crippen molar-refractivity contribution in [2.24, 2.45) is 0 Å². The number of hydrogen-bond donors (Lipinski definition) is 1. The zero-order chi connectivity index (χ0) is 19.9. The smallest absolute Gasteiger partial charge is 0.304 e. The molecule has 0 spiro atoms. The van der Waals surface area contributed by atoms with Gasteiger partial charge in [0.2, 0.25) is 5.91 Å². The standard InChI is InChI=1S/C18H22FN3O4S/c1-21(2)27(24,25)22(16-6-4-3-5-7-16)14-18(23)20-12-13-26-17-10-8-15(19)9-11-17/h3-11H,12-14H2,1-2H3,(H,20,23). The van der Waals surface area contributed by atoms with Gasteiger partial charge in [0.25, 0.3) is 0 Å². The largest absolute Gasteiger partial charge is 0.492 e. The summed E-state index contributed by atoms with van der Waals surface area (Å²) in [6.07, 6.45) is 0. The Morgan fingerprint density at radius 1 is 1.07 bits per heavy atom. The van der Waals surface area contributed by atoms with Crippen molar-refractivity contribution in [1.82, 2.24) is 9.62 Å². The number of benzene rings is 2. The molecule has 27 heavy (non-hydrogen) atoms. The fraction of sp³-hybridized carbons (Fsp3) is 0.278. The summed E-state index contributed by atoms with van der Waals surface area (Å²) in [5, 5.41) is 2.61. The zero-order valence-corrected chi connectivity index (χ0v) is 15.9. The Hall–Kier alpha value is -2.65. The van der Waals surface area contributed by atoms with Crippen molar-refractivity contribution in [2.45, 2.75) is 0 Å². The van der Waals surface area contributed by atoms with Crippen LogP contribution in [0.3, 0.4) is 0 Å². The van der Waals surface area contributed by atoms with Crippen LogP contribution in [0.4, 0.5) is 10.1 Å². The van der Waals surface area contributed by atoms with E-state index in [2.05, 4.69) is 5.32 Å². The van der Waals surface area contributed by atoms with Gasteiger partial charge in [-0.2, -0.15) is 12.7 Å². The van der Waals surface area contributed by atoms with Gasteiger partial charge in [-0.15, -0.1) is 0 Å². The van der Waals surface area contributed by atoms with Crippen molar-refractivity contribution in [3.8, 4) is 5.75 Å². The second-order valence-electron chi connectivity index (χ2n) is 5.78. The number of nitrogens with zero attached hydrogens (tertiary/aromatic N) is 2. The van der Waals surface area contributed by atoms with Gasteiger partial charge in [0, 0.05) is 14.1 Å². The molecule has 0 unspecified atom stereocenters. The van der Waals surface area contributed by atoms with E-state index < -0.39 is 16.1 Å². The van der Waals surface area contributed by atoms with Gasteiger partial charge in [0.05, 0.1) is 12.2 Å². The molecule has 0 saturated heterocycles. The maximum atomic E-state index is 12.8. The molecule has 2 rings (SSSR count). The molecule has 0 radical (unpaired) electrons. The first kappa shape index (κ1) is 20.7. The Morgan fingerprint density at radius 3 is 2.30 bits per heavy atom. The van der Waals surface area contributed by atoms with Crippen LogP contribution in [0.2, 0.25) is 0 Å². The number of carbonyl (C=O) groups excluding carboxylic acids is 1. The van der Waals surface area contributed by atoms with Crippen LogP contribution < -0.4 is 14.4 Å². The van der Waals surface area contributed by atoms with Crippen molar-refractivity contribution in [2.75, 3.05) is 38.1 Å². The topological polar surface area (TPSA) is 79.0 Å². The van der Waals surface area contributed by atoms with Crippen LogP contribution in [0.5, 0.6) is 5.75 Å². The summed E-state index contributed by atoms with van der Waals surface area (Å²) >= 11 is 0. The lowest BCUT2D eigenvalue weighted by molar-refractivity contribution is -0.119. The third kappa shape index (κ3) is 5.93. The third-order valence-electron chi connectivity index (χ3n) is 3.58. The second-order valence-corrected chi connectivity index (χ2v) is 7.85. The van der Waals surface area contributed by atoms with E-state index in [0.717, 1.165) is 8.61 Å². The number of halogens is 1. The number of anilines is 1. The lowest BCUT2D eigenvalue weighted by Crippen LogP contribution is -2.46. The number of carbonyl (C=O) groups is 1. The van der Waals surface area contributed by atoms with Gasteiger partial charge in [0.1, 0.15) is 24.7 Å². The van der Waals surface area contributed by atoms with Gasteiger partial charge in [-0.3, -0.25) is 4.79 Å². The van der Waals surface area contributed by atoms with Crippen LogP contribution in [0.1, 0.15) is 0 Å². The van der Waals surface area contributed by atoms with Crippen LogP contribution in [0.15, 0.2) is 54.6 Å². The summed E-state index contributed by atoms with van der Waals surface area (Å²) in [6.45, 7) is -0.00886. The fourth-order valence-electron chi connectivity index (χ4n) is 2.17. The predicted octanol–water partition coefficient (Wildman–Crippen LogP) is 1.63.